The Morgan fingerprint density at radius 3 is 2.50 bits per heavy atom. The summed E-state index contributed by atoms with van der Waals surface area (Å²) in [5, 5.41) is 4.02. The summed E-state index contributed by atoms with van der Waals surface area (Å²) in [6.45, 7) is 1.45. The molecule has 0 aliphatic rings. The number of aromatic nitrogens is 3. The number of nitrogens with one attached hydrogen (secondary N) is 1. The van der Waals surface area contributed by atoms with Gasteiger partial charge in [-0.25, -0.2) is 18.1 Å². The fourth-order valence-corrected chi connectivity index (χ4v) is 3.04. The molecule has 0 aliphatic heterocycles. The van der Waals surface area contributed by atoms with Crippen molar-refractivity contribution in [3.8, 4) is 5.82 Å². The fourth-order valence-electron chi connectivity index (χ4n) is 2.05. The first-order valence-electron chi connectivity index (χ1n) is 7.05. The molecule has 0 atom stereocenters. The standard InChI is InChI=1S/C16H14N4O3S/c1-12(21)13-5-7-14(8-6-13)19-24(22,23)15-10-18-20(11-15)16-4-2-3-9-17-16/h2-11,19H,1H3. The molecule has 1 N–H and O–H groups in total. The molecular formula is C16H14N4O3S. The van der Waals surface area contributed by atoms with Crippen LogP contribution >= 0.6 is 0 Å². The molecule has 0 spiro atoms. The number of nitrogens with zero attached hydrogens (tertiary/aromatic N) is 3. The van der Waals surface area contributed by atoms with E-state index in [2.05, 4.69) is 14.8 Å². The summed E-state index contributed by atoms with van der Waals surface area (Å²) in [4.78, 5) is 15.4. The minimum absolute atomic E-state index is 0.0174. The van der Waals surface area contributed by atoms with Crippen LogP contribution < -0.4 is 4.72 Å². The molecule has 0 radical (unpaired) electrons. The van der Waals surface area contributed by atoms with E-state index < -0.39 is 10.0 Å². The number of ketones is 1. The Kier molecular flexibility index (Phi) is 4.13. The van der Waals surface area contributed by atoms with Gasteiger partial charge in [-0.2, -0.15) is 5.10 Å². The molecule has 3 aromatic rings. The summed E-state index contributed by atoms with van der Waals surface area (Å²) in [6.07, 6.45) is 4.23. The van der Waals surface area contributed by atoms with Crippen molar-refractivity contribution in [1.29, 1.82) is 0 Å². The lowest BCUT2D eigenvalue weighted by Crippen LogP contribution is -2.12. The number of rotatable bonds is 5. The summed E-state index contributed by atoms with van der Waals surface area (Å²) in [5.41, 5.74) is 0.881. The van der Waals surface area contributed by atoms with Crippen LogP contribution in [0.3, 0.4) is 0 Å². The van der Waals surface area contributed by atoms with Crippen molar-refractivity contribution in [3.63, 3.8) is 0 Å². The van der Waals surface area contributed by atoms with Gasteiger partial charge in [-0.15, -0.1) is 0 Å². The second kappa shape index (κ2) is 6.25. The van der Waals surface area contributed by atoms with E-state index in [-0.39, 0.29) is 10.7 Å². The molecule has 0 fully saturated rings. The van der Waals surface area contributed by atoms with Gasteiger partial charge in [0.1, 0.15) is 4.90 Å². The highest BCUT2D eigenvalue weighted by Gasteiger charge is 2.17. The molecule has 2 aromatic heterocycles. The van der Waals surface area contributed by atoms with Crippen LogP contribution in [0, 0.1) is 0 Å². The van der Waals surface area contributed by atoms with Crippen LogP contribution in [-0.4, -0.2) is 29.0 Å². The Morgan fingerprint density at radius 2 is 1.88 bits per heavy atom. The van der Waals surface area contributed by atoms with E-state index in [1.807, 2.05) is 0 Å². The second-order valence-corrected chi connectivity index (χ2v) is 6.73. The van der Waals surface area contributed by atoms with E-state index in [1.54, 1.807) is 36.5 Å². The normalized spacial score (nSPS) is 11.2. The van der Waals surface area contributed by atoms with Crippen molar-refractivity contribution < 1.29 is 13.2 Å². The molecule has 1 aromatic carbocycles. The van der Waals surface area contributed by atoms with Gasteiger partial charge in [0, 0.05) is 17.4 Å². The van der Waals surface area contributed by atoms with E-state index in [0.717, 1.165) is 0 Å². The highest BCUT2D eigenvalue weighted by atomic mass is 32.2. The van der Waals surface area contributed by atoms with Crippen LogP contribution in [0.2, 0.25) is 0 Å². The van der Waals surface area contributed by atoms with Crippen molar-refractivity contribution in [1.82, 2.24) is 14.8 Å². The molecule has 122 valence electrons. The summed E-state index contributed by atoms with van der Waals surface area (Å²) < 4.78 is 28.7. The van der Waals surface area contributed by atoms with Gasteiger partial charge in [0.2, 0.25) is 0 Å². The van der Waals surface area contributed by atoms with E-state index in [1.165, 1.54) is 36.1 Å². The van der Waals surface area contributed by atoms with Crippen LogP contribution in [0.5, 0.6) is 0 Å². The van der Waals surface area contributed by atoms with Gasteiger partial charge < -0.3 is 0 Å². The Morgan fingerprint density at radius 1 is 1.12 bits per heavy atom. The third-order valence-electron chi connectivity index (χ3n) is 3.30. The molecule has 7 nitrogen and oxygen atoms in total. The number of hydrogen-bond donors (Lipinski definition) is 1. The SMILES string of the molecule is CC(=O)c1ccc(NS(=O)(=O)c2cnn(-c3ccccn3)c2)cc1. The maximum absolute atomic E-state index is 12.4. The molecule has 3 rings (SSSR count). The van der Waals surface area contributed by atoms with E-state index in [0.29, 0.717) is 17.1 Å². The zero-order valence-electron chi connectivity index (χ0n) is 12.7. The topological polar surface area (TPSA) is 94.0 Å². The first kappa shape index (κ1) is 15.9. The molecule has 0 bridgehead atoms. The molecule has 0 aliphatic carbocycles. The van der Waals surface area contributed by atoms with Gasteiger partial charge in [0.25, 0.3) is 10.0 Å². The number of pyridine rings is 1. The Labute approximate surface area is 139 Å². The van der Waals surface area contributed by atoms with Crippen molar-refractivity contribution in [3.05, 3.63) is 66.6 Å². The van der Waals surface area contributed by atoms with Gasteiger partial charge in [0.05, 0.1) is 12.4 Å². The summed E-state index contributed by atoms with van der Waals surface area (Å²) in [7, 11) is -3.78. The minimum Gasteiger partial charge on any atom is -0.295 e. The summed E-state index contributed by atoms with van der Waals surface area (Å²) in [6, 6.07) is 11.5. The lowest BCUT2D eigenvalue weighted by atomic mass is 10.1. The monoisotopic (exact) mass is 342 g/mol. The molecule has 8 heteroatoms. The number of Topliss-reactive ketones (excluding diaryl/α,β-unsaturated/α-hetero) is 1. The van der Waals surface area contributed by atoms with E-state index >= 15 is 0 Å². The van der Waals surface area contributed by atoms with Gasteiger partial charge in [-0.3, -0.25) is 9.52 Å². The first-order chi connectivity index (χ1) is 11.5. The number of benzene rings is 1. The van der Waals surface area contributed by atoms with Crippen molar-refractivity contribution in [2.75, 3.05) is 4.72 Å². The molecule has 0 saturated heterocycles. The van der Waals surface area contributed by atoms with Crippen LogP contribution in [-0.2, 0) is 10.0 Å². The number of hydrogen-bond acceptors (Lipinski definition) is 5. The molecule has 0 unspecified atom stereocenters. The fraction of sp³-hybridized carbons (Fsp3) is 0.0625. The zero-order chi connectivity index (χ0) is 17.2. The highest BCUT2D eigenvalue weighted by molar-refractivity contribution is 7.92. The largest absolute Gasteiger partial charge is 0.295 e. The van der Waals surface area contributed by atoms with Gasteiger partial charge in [-0.1, -0.05) is 6.07 Å². The van der Waals surface area contributed by atoms with E-state index in [4.69, 9.17) is 0 Å². The molecule has 2 heterocycles. The first-order valence-corrected chi connectivity index (χ1v) is 8.54. The summed E-state index contributed by atoms with van der Waals surface area (Å²) >= 11 is 0. The quantitative estimate of drug-likeness (QED) is 0.718. The average Bonchev–Trinajstić information content (AvgIpc) is 3.07. The lowest BCUT2D eigenvalue weighted by molar-refractivity contribution is 0.101. The van der Waals surface area contributed by atoms with Crippen molar-refractivity contribution in [2.24, 2.45) is 0 Å². The average molecular weight is 342 g/mol. The second-order valence-electron chi connectivity index (χ2n) is 5.05. The molecule has 0 saturated carbocycles. The highest BCUT2D eigenvalue weighted by Crippen LogP contribution is 2.17. The third-order valence-corrected chi connectivity index (χ3v) is 4.63. The van der Waals surface area contributed by atoms with Gasteiger partial charge in [-0.05, 0) is 43.3 Å². The maximum Gasteiger partial charge on any atom is 0.265 e. The number of sulfonamides is 1. The van der Waals surface area contributed by atoms with Gasteiger partial charge >= 0.3 is 0 Å². The molecule has 24 heavy (non-hydrogen) atoms. The predicted octanol–water partition coefficient (Wildman–Crippen LogP) is 2.27. The third kappa shape index (κ3) is 3.33. The number of carbonyl (C=O) groups is 1. The van der Waals surface area contributed by atoms with Crippen LogP contribution in [0.15, 0.2) is 66.0 Å². The smallest absolute Gasteiger partial charge is 0.265 e. The molecular weight excluding hydrogens is 328 g/mol. The zero-order valence-corrected chi connectivity index (χ0v) is 13.6. The van der Waals surface area contributed by atoms with Crippen molar-refractivity contribution >= 4 is 21.5 Å². The minimum atomic E-state index is -3.78. The Balaban J connectivity index is 1.83. The summed E-state index contributed by atoms with van der Waals surface area (Å²) in [5.74, 6) is 0.436. The molecule has 0 amide bonds. The van der Waals surface area contributed by atoms with Crippen LogP contribution in [0.4, 0.5) is 5.69 Å². The Hall–Kier alpha value is -3.00. The van der Waals surface area contributed by atoms with Gasteiger partial charge in [0.15, 0.2) is 11.6 Å². The van der Waals surface area contributed by atoms with Crippen LogP contribution in [0.25, 0.3) is 5.82 Å². The predicted molar refractivity (Wildman–Crippen MR) is 88.6 cm³/mol. The number of anilines is 1. The lowest BCUT2D eigenvalue weighted by Gasteiger charge is -2.06. The Bertz CT molecular complexity index is 964. The van der Waals surface area contributed by atoms with Crippen LogP contribution in [0.1, 0.15) is 17.3 Å². The van der Waals surface area contributed by atoms with E-state index in [9.17, 15) is 13.2 Å². The maximum atomic E-state index is 12.4. The van der Waals surface area contributed by atoms with Crippen molar-refractivity contribution in [2.45, 2.75) is 11.8 Å². The number of carbonyl (C=O) groups excluding carboxylic acids is 1.